The van der Waals surface area contributed by atoms with E-state index in [1.807, 2.05) is 13.8 Å². The highest BCUT2D eigenvalue weighted by Crippen LogP contribution is 2.03. The first kappa shape index (κ1) is 16.8. The van der Waals surface area contributed by atoms with Gasteiger partial charge in [0.05, 0.1) is 13.1 Å². The second-order valence-electron chi connectivity index (χ2n) is 3.77. The van der Waals surface area contributed by atoms with E-state index in [2.05, 4.69) is 0 Å². The first-order valence-electron chi connectivity index (χ1n) is 6.01. The SMILES string of the molecule is CCOC(CCN(CC(N)=O)CC(N)=O)OCC. The Morgan fingerprint density at radius 3 is 1.83 bits per heavy atom. The topological polar surface area (TPSA) is 108 Å². The van der Waals surface area contributed by atoms with Gasteiger partial charge in [-0.2, -0.15) is 0 Å². The molecular formula is C11H23N3O4. The lowest BCUT2D eigenvalue weighted by Gasteiger charge is -2.22. The summed E-state index contributed by atoms with van der Waals surface area (Å²) in [6.45, 7) is 5.26. The molecule has 7 nitrogen and oxygen atoms in total. The lowest BCUT2D eigenvalue weighted by atomic mass is 10.3. The number of nitrogens with two attached hydrogens (primary N) is 2. The highest BCUT2D eigenvalue weighted by atomic mass is 16.7. The van der Waals surface area contributed by atoms with Gasteiger partial charge in [0.1, 0.15) is 0 Å². The minimum Gasteiger partial charge on any atom is -0.369 e. The van der Waals surface area contributed by atoms with Crippen molar-refractivity contribution >= 4 is 11.8 Å². The minimum atomic E-state index is -0.499. The Morgan fingerprint density at radius 2 is 1.50 bits per heavy atom. The van der Waals surface area contributed by atoms with Crippen molar-refractivity contribution in [1.29, 1.82) is 0 Å². The maximum Gasteiger partial charge on any atom is 0.231 e. The zero-order chi connectivity index (χ0) is 14.0. The molecule has 0 aromatic rings. The lowest BCUT2D eigenvalue weighted by molar-refractivity contribution is -0.143. The molecule has 0 bridgehead atoms. The van der Waals surface area contributed by atoms with Crippen molar-refractivity contribution in [2.24, 2.45) is 11.5 Å². The van der Waals surface area contributed by atoms with Crippen LogP contribution in [-0.2, 0) is 19.1 Å². The molecule has 4 N–H and O–H groups in total. The Morgan fingerprint density at radius 1 is 1.06 bits per heavy atom. The molecule has 18 heavy (non-hydrogen) atoms. The van der Waals surface area contributed by atoms with Gasteiger partial charge in [-0.05, 0) is 13.8 Å². The number of carbonyl (C=O) groups excluding carboxylic acids is 2. The highest BCUT2D eigenvalue weighted by molar-refractivity contribution is 5.79. The number of hydrogen-bond acceptors (Lipinski definition) is 5. The van der Waals surface area contributed by atoms with Gasteiger partial charge in [0, 0.05) is 26.2 Å². The summed E-state index contributed by atoms with van der Waals surface area (Å²) in [6, 6.07) is 0. The molecule has 0 radical (unpaired) electrons. The summed E-state index contributed by atoms with van der Waals surface area (Å²) in [5.41, 5.74) is 10.2. The molecule has 2 amide bonds. The molecule has 0 aromatic carbocycles. The molecule has 0 atom stereocenters. The normalized spacial score (nSPS) is 11.1. The summed E-state index contributed by atoms with van der Waals surface area (Å²) in [5.74, 6) is -0.999. The molecule has 0 aliphatic carbocycles. The second-order valence-corrected chi connectivity index (χ2v) is 3.77. The zero-order valence-electron chi connectivity index (χ0n) is 11.1. The standard InChI is InChI=1S/C11H23N3O4/c1-3-17-11(18-4-2)5-6-14(7-9(12)15)8-10(13)16/h11H,3-8H2,1-2H3,(H2,12,15)(H2,13,16). The number of primary amides is 2. The number of rotatable bonds is 11. The average Bonchev–Trinajstić information content (AvgIpc) is 2.24. The molecule has 0 fully saturated rings. The van der Waals surface area contributed by atoms with Crippen molar-refractivity contribution in [3.63, 3.8) is 0 Å². The minimum absolute atomic E-state index is 0.00604. The van der Waals surface area contributed by atoms with E-state index in [0.717, 1.165) is 0 Å². The van der Waals surface area contributed by atoms with Crippen LogP contribution >= 0.6 is 0 Å². The predicted octanol–water partition coefficient (Wildman–Crippen LogP) is -0.952. The van der Waals surface area contributed by atoms with Crippen LogP contribution in [0, 0.1) is 0 Å². The first-order chi connectivity index (χ1) is 8.49. The number of carbonyl (C=O) groups is 2. The predicted molar refractivity (Wildman–Crippen MR) is 66.5 cm³/mol. The van der Waals surface area contributed by atoms with Gasteiger partial charge in [0.2, 0.25) is 11.8 Å². The molecule has 0 spiro atoms. The fraction of sp³-hybridized carbons (Fsp3) is 0.818. The monoisotopic (exact) mass is 261 g/mol. The Labute approximate surface area is 107 Å². The molecule has 106 valence electrons. The van der Waals surface area contributed by atoms with E-state index in [0.29, 0.717) is 26.2 Å². The molecule has 0 unspecified atom stereocenters. The van der Waals surface area contributed by atoms with Gasteiger partial charge >= 0.3 is 0 Å². The number of amides is 2. The Hall–Kier alpha value is -1.18. The lowest BCUT2D eigenvalue weighted by Crippen LogP contribution is -2.41. The van der Waals surface area contributed by atoms with Crippen LogP contribution in [0.15, 0.2) is 0 Å². The van der Waals surface area contributed by atoms with Crippen LogP contribution in [0.2, 0.25) is 0 Å². The highest BCUT2D eigenvalue weighted by Gasteiger charge is 2.15. The van der Waals surface area contributed by atoms with Crippen LogP contribution in [-0.4, -0.2) is 55.9 Å². The molecule has 7 heteroatoms. The number of ether oxygens (including phenoxy) is 2. The molecular weight excluding hydrogens is 238 g/mol. The third-order valence-electron chi connectivity index (χ3n) is 2.15. The van der Waals surface area contributed by atoms with Crippen LogP contribution in [0.5, 0.6) is 0 Å². The van der Waals surface area contributed by atoms with Crippen molar-refractivity contribution in [3.05, 3.63) is 0 Å². The zero-order valence-corrected chi connectivity index (χ0v) is 11.1. The Bertz CT molecular complexity index is 239. The van der Waals surface area contributed by atoms with Crippen LogP contribution in [0.3, 0.4) is 0 Å². The Balaban J connectivity index is 4.19. The molecule has 0 rings (SSSR count). The summed E-state index contributed by atoms with van der Waals surface area (Å²) in [5, 5.41) is 0. The molecule has 0 saturated carbocycles. The average molecular weight is 261 g/mol. The van der Waals surface area contributed by atoms with Gasteiger partial charge in [-0.1, -0.05) is 0 Å². The van der Waals surface area contributed by atoms with E-state index >= 15 is 0 Å². The maximum absolute atomic E-state index is 10.9. The third kappa shape index (κ3) is 8.91. The fourth-order valence-electron chi connectivity index (χ4n) is 1.53. The van der Waals surface area contributed by atoms with E-state index in [9.17, 15) is 9.59 Å². The van der Waals surface area contributed by atoms with E-state index < -0.39 is 11.8 Å². The van der Waals surface area contributed by atoms with Gasteiger partial charge < -0.3 is 20.9 Å². The van der Waals surface area contributed by atoms with Crippen LogP contribution in [0.1, 0.15) is 20.3 Å². The Kier molecular flexibility index (Phi) is 9.17. The molecule has 0 aliphatic heterocycles. The smallest absolute Gasteiger partial charge is 0.231 e. The molecule has 0 aromatic heterocycles. The third-order valence-corrected chi connectivity index (χ3v) is 2.15. The summed E-state index contributed by atoms with van der Waals surface area (Å²) in [6.07, 6.45) is 0.200. The number of nitrogens with zero attached hydrogens (tertiary/aromatic N) is 1. The largest absolute Gasteiger partial charge is 0.369 e. The van der Waals surface area contributed by atoms with Crippen molar-refractivity contribution in [3.8, 4) is 0 Å². The van der Waals surface area contributed by atoms with Crippen molar-refractivity contribution in [1.82, 2.24) is 4.90 Å². The quantitative estimate of drug-likeness (QED) is 0.466. The van der Waals surface area contributed by atoms with Gasteiger partial charge in [-0.15, -0.1) is 0 Å². The van der Waals surface area contributed by atoms with Crippen LogP contribution in [0.4, 0.5) is 0 Å². The van der Waals surface area contributed by atoms with E-state index in [1.165, 1.54) is 0 Å². The van der Waals surface area contributed by atoms with Crippen LogP contribution in [0.25, 0.3) is 0 Å². The summed E-state index contributed by atoms with van der Waals surface area (Å²) < 4.78 is 10.7. The molecule has 0 saturated heterocycles. The van der Waals surface area contributed by atoms with E-state index in [4.69, 9.17) is 20.9 Å². The van der Waals surface area contributed by atoms with Crippen molar-refractivity contribution in [2.45, 2.75) is 26.6 Å². The van der Waals surface area contributed by atoms with Gasteiger partial charge in [0.15, 0.2) is 6.29 Å². The van der Waals surface area contributed by atoms with Gasteiger partial charge in [0.25, 0.3) is 0 Å². The molecule has 0 aliphatic rings. The van der Waals surface area contributed by atoms with Crippen molar-refractivity contribution < 1.29 is 19.1 Å². The summed E-state index contributed by atoms with van der Waals surface area (Å²) >= 11 is 0. The number of hydrogen-bond donors (Lipinski definition) is 2. The second kappa shape index (κ2) is 9.81. The first-order valence-corrected chi connectivity index (χ1v) is 6.01. The van der Waals surface area contributed by atoms with Crippen molar-refractivity contribution in [2.75, 3.05) is 32.8 Å². The fourth-order valence-corrected chi connectivity index (χ4v) is 1.53. The maximum atomic E-state index is 10.9. The summed E-state index contributed by atoms with van der Waals surface area (Å²) in [7, 11) is 0. The summed E-state index contributed by atoms with van der Waals surface area (Å²) in [4.78, 5) is 23.3. The van der Waals surface area contributed by atoms with Gasteiger partial charge in [-0.3, -0.25) is 14.5 Å². The molecule has 0 heterocycles. The van der Waals surface area contributed by atoms with Gasteiger partial charge in [-0.25, -0.2) is 0 Å². The van der Waals surface area contributed by atoms with E-state index in [-0.39, 0.29) is 19.4 Å². The van der Waals surface area contributed by atoms with Crippen LogP contribution < -0.4 is 11.5 Å². The van der Waals surface area contributed by atoms with E-state index in [1.54, 1.807) is 4.90 Å².